The number of amides is 2. The zero-order valence-corrected chi connectivity index (χ0v) is 12.6. The van der Waals surface area contributed by atoms with Crippen LogP contribution in [-0.2, 0) is 6.42 Å². The third-order valence-electron chi connectivity index (χ3n) is 4.39. The van der Waals surface area contributed by atoms with Crippen molar-refractivity contribution in [2.24, 2.45) is 0 Å². The summed E-state index contributed by atoms with van der Waals surface area (Å²) in [5.74, 6) is -0.265. The third-order valence-corrected chi connectivity index (χ3v) is 4.39. The highest BCUT2D eigenvalue weighted by Crippen LogP contribution is 2.29. The molecule has 0 N–H and O–H groups in total. The Labute approximate surface area is 125 Å². The number of rotatable bonds is 4. The smallest absolute Gasteiger partial charge is 0.267 e. The highest BCUT2D eigenvalue weighted by molar-refractivity contribution is 6.21. The summed E-state index contributed by atoms with van der Waals surface area (Å²) in [5.41, 5.74) is 2.24. The SMILES string of the molecule is CCCCc1cccc2c1C(=O)N(N1CCCCC1)C2=O. The van der Waals surface area contributed by atoms with Crippen molar-refractivity contribution in [3.05, 3.63) is 34.9 Å². The van der Waals surface area contributed by atoms with Gasteiger partial charge in [-0.25, -0.2) is 10.0 Å². The van der Waals surface area contributed by atoms with Crippen LogP contribution in [0.2, 0.25) is 0 Å². The lowest BCUT2D eigenvalue weighted by Gasteiger charge is -2.32. The number of hydrazine groups is 1. The average Bonchev–Trinajstić information content (AvgIpc) is 2.78. The van der Waals surface area contributed by atoms with Crippen LogP contribution in [0.15, 0.2) is 18.2 Å². The van der Waals surface area contributed by atoms with Gasteiger partial charge in [0.05, 0.1) is 11.1 Å². The first kappa shape index (κ1) is 14.3. The number of hydrogen-bond acceptors (Lipinski definition) is 3. The van der Waals surface area contributed by atoms with Crippen LogP contribution in [0.3, 0.4) is 0 Å². The molecule has 0 saturated carbocycles. The first-order valence-corrected chi connectivity index (χ1v) is 7.99. The van der Waals surface area contributed by atoms with Gasteiger partial charge in [-0.1, -0.05) is 31.9 Å². The van der Waals surface area contributed by atoms with Gasteiger partial charge in [0.25, 0.3) is 11.8 Å². The van der Waals surface area contributed by atoms with E-state index in [4.69, 9.17) is 0 Å². The second-order valence-corrected chi connectivity index (χ2v) is 5.88. The molecule has 1 saturated heterocycles. The zero-order chi connectivity index (χ0) is 14.8. The van der Waals surface area contributed by atoms with E-state index in [2.05, 4.69) is 6.92 Å². The number of nitrogens with zero attached hydrogens (tertiary/aromatic N) is 2. The Balaban J connectivity index is 1.92. The van der Waals surface area contributed by atoms with E-state index in [1.165, 1.54) is 11.4 Å². The van der Waals surface area contributed by atoms with Crippen molar-refractivity contribution in [1.82, 2.24) is 10.0 Å². The van der Waals surface area contributed by atoms with Crippen LogP contribution in [0, 0.1) is 0 Å². The van der Waals surface area contributed by atoms with E-state index in [1.807, 2.05) is 17.1 Å². The van der Waals surface area contributed by atoms with Gasteiger partial charge in [-0.2, -0.15) is 0 Å². The molecule has 0 radical (unpaired) electrons. The van der Waals surface area contributed by atoms with E-state index in [0.29, 0.717) is 11.1 Å². The summed E-state index contributed by atoms with van der Waals surface area (Å²) in [7, 11) is 0. The molecule has 3 rings (SSSR count). The molecular weight excluding hydrogens is 264 g/mol. The molecular formula is C17H22N2O2. The summed E-state index contributed by atoms with van der Waals surface area (Å²) >= 11 is 0. The second kappa shape index (κ2) is 5.98. The number of imide groups is 1. The van der Waals surface area contributed by atoms with E-state index in [0.717, 1.165) is 50.8 Å². The fourth-order valence-corrected chi connectivity index (χ4v) is 3.25. The van der Waals surface area contributed by atoms with Gasteiger partial charge >= 0.3 is 0 Å². The highest BCUT2D eigenvalue weighted by Gasteiger charge is 2.40. The predicted molar refractivity (Wildman–Crippen MR) is 81.0 cm³/mol. The molecule has 0 atom stereocenters. The molecule has 0 aromatic heterocycles. The highest BCUT2D eigenvalue weighted by atomic mass is 16.2. The Kier molecular flexibility index (Phi) is 4.06. The number of unbranched alkanes of at least 4 members (excludes halogenated alkanes) is 1. The number of carbonyl (C=O) groups is 2. The standard InChI is InChI=1S/C17H22N2O2/c1-2-3-8-13-9-7-10-14-15(13)17(21)19(16(14)20)18-11-5-4-6-12-18/h7,9-10H,2-6,8,11-12H2,1H3. The number of carbonyl (C=O) groups excluding carboxylic acids is 2. The zero-order valence-electron chi connectivity index (χ0n) is 12.6. The molecule has 1 fully saturated rings. The van der Waals surface area contributed by atoms with Gasteiger partial charge in [0, 0.05) is 13.1 Å². The molecule has 2 heterocycles. The average molecular weight is 286 g/mol. The summed E-state index contributed by atoms with van der Waals surface area (Å²) in [6, 6.07) is 5.67. The quantitative estimate of drug-likeness (QED) is 0.799. The van der Waals surface area contributed by atoms with Crippen LogP contribution in [-0.4, -0.2) is 34.9 Å². The maximum atomic E-state index is 12.8. The van der Waals surface area contributed by atoms with Crippen LogP contribution in [0.25, 0.3) is 0 Å². The minimum absolute atomic E-state index is 0.122. The van der Waals surface area contributed by atoms with Crippen LogP contribution in [0.5, 0.6) is 0 Å². The van der Waals surface area contributed by atoms with Gasteiger partial charge in [0.1, 0.15) is 0 Å². The monoisotopic (exact) mass is 286 g/mol. The minimum atomic E-state index is -0.143. The Bertz CT molecular complexity index is 562. The van der Waals surface area contributed by atoms with Gasteiger partial charge < -0.3 is 0 Å². The Morgan fingerprint density at radius 1 is 1.05 bits per heavy atom. The van der Waals surface area contributed by atoms with E-state index < -0.39 is 0 Å². The fourth-order valence-electron chi connectivity index (χ4n) is 3.25. The second-order valence-electron chi connectivity index (χ2n) is 5.88. The van der Waals surface area contributed by atoms with Crippen molar-refractivity contribution in [2.75, 3.05) is 13.1 Å². The first-order valence-electron chi connectivity index (χ1n) is 7.99. The van der Waals surface area contributed by atoms with E-state index >= 15 is 0 Å². The van der Waals surface area contributed by atoms with Crippen LogP contribution in [0.1, 0.15) is 65.3 Å². The number of hydrogen-bond donors (Lipinski definition) is 0. The maximum absolute atomic E-state index is 12.8. The molecule has 1 aromatic carbocycles. The molecule has 4 nitrogen and oxygen atoms in total. The number of aryl methyl sites for hydroxylation is 1. The summed E-state index contributed by atoms with van der Waals surface area (Å²) in [6.45, 7) is 3.74. The lowest BCUT2D eigenvalue weighted by Crippen LogP contribution is -2.48. The van der Waals surface area contributed by atoms with E-state index in [-0.39, 0.29) is 11.8 Å². The number of fused-ring (bicyclic) bond motifs is 1. The molecule has 0 spiro atoms. The van der Waals surface area contributed by atoms with E-state index in [9.17, 15) is 9.59 Å². The fraction of sp³-hybridized carbons (Fsp3) is 0.529. The summed E-state index contributed by atoms with van der Waals surface area (Å²) < 4.78 is 0. The summed E-state index contributed by atoms with van der Waals surface area (Å²) in [6.07, 6.45) is 6.28. The molecule has 2 aliphatic heterocycles. The Hall–Kier alpha value is -1.68. The lowest BCUT2D eigenvalue weighted by molar-refractivity contribution is -0.00685. The van der Waals surface area contributed by atoms with Crippen molar-refractivity contribution in [2.45, 2.75) is 45.4 Å². The topological polar surface area (TPSA) is 40.6 Å². The largest absolute Gasteiger partial charge is 0.276 e. The lowest BCUT2D eigenvalue weighted by atomic mass is 9.98. The summed E-state index contributed by atoms with van der Waals surface area (Å²) in [5, 5.41) is 3.32. The molecule has 2 aliphatic rings. The van der Waals surface area contributed by atoms with Crippen molar-refractivity contribution in [3.63, 3.8) is 0 Å². The van der Waals surface area contributed by atoms with Gasteiger partial charge in [0.15, 0.2) is 0 Å². The number of piperidine rings is 1. The third kappa shape index (κ3) is 2.48. The first-order chi connectivity index (χ1) is 10.2. The van der Waals surface area contributed by atoms with Gasteiger partial charge in [0.2, 0.25) is 0 Å². The maximum Gasteiger partial charge on any atom is 0.276 e. The van der Waals surface area contributed by atoms with Gasteiger partial charge in [-0.05, 0) is 37.3 Å². The normalized spacial score (nSPS) is 19.2. The van der Waals surface area contributed by atoms with E-state index in [1.54, 1.807) is 6.07 Å². The molecule has 1 aromatic rings. The molecule has 21 heavy (non-hydrogen) atoms. The molecule has 0 aliphatic carbocycles. The van der Waals surface area contributed by atoms with Crippen LogP contribution in [0.4, 0.5) is 0 Å². The number of benzene rings is 1. The molecule has 2 amide bonds. The molecule has 0 unspecified atom stereocenters. The van der Waals surface area contributed by atoms with Gasteiger partial charge in [-0.3, -0.25) is 9.59 Å². The summed E-state index contributed by atoms with van der Waals surface area (Å²) in [4.78, 5) is 25.3. The van der Waals surface area contributed by atoms with Crippen LogP contribution >= 0.6 is 0 Å². The predicted octanol–water partition coefficient (Wildman–Crippen LogP) is 3.03. The minimum Gasteiger partial charge on any atom is -0.267 e. The van der Waals surface area contributed by atoms with Crippen LogP contribution < -0.4 is 0 Å². The van der Waals surface area contributed by atoms with Crippen molar-refractivity contribution in [3.8, 4) is 0 Å². The van der Waals surface area contributed by atoms with Crippen molar-refractivity contribution >= 4 is 11.8 Å². The molecule has 4 heteroatoms. The van der Waals surface area contributed by atoms with Gasteiger partial charge in [-0.15, -0.1) is 0 Å². The Morgan fingerprint density at radius 3 is 2.52 bits per heavy atom. The van der Waals surface area contributed by atoms with Crippen molar-refractivity contribution in [1.29, 1.82) is 0 Å². The Morgan fingerprint density at radius 2 is 1.81 bits per heavy atom. The molecule has 112 valence electrons. The van der Waals surface area contributed by atoms with Crippen molar-refractivity contribution < 1.29 is 9.59 Å². The molecule has 0 bridgehead atoms.